The number of carbonyl (C=O) groups is 1. The van der Waals surface area contributed by atoms with Gasteiger partial charge in [0.2, 0.25) is 0 Å². The monoisotopic (exact) mass is 359 g/mol. The molecule has 0 atom stereocenters. The second-order valence-corrected chi connectivity index (χ2v) is 6.04. The minimum atomic E-state index is -0.210. The molecule has 1 N–H and O–H groups in total. The Kier molecular flexibility index (Phi) is 4.49. The number of rotatable bonds is 5. The van der Waals surface area contributed by atoms with Gasteiger partial charge in [-0.25, -0.2) is 4.68 Å². The van der Waals surface area contributed by atoms with Crippen LogP contribution >= 0.6 is 0 Å². The molecule has 2 aromatic heterocycles. The Balaban J connectivity index is 1.47. The third-order valence-electron chi connectivity index (χ3n) is 4.05. The van der Waals surface area contributed by atoms with Crippen molar-refractivity contribution in [1.82, 2.24) is 19.9 Å². The fourth-order valence-corrected chi connectivity index (χ4v) is 2.69. The Morgan fingerprint density at radius 2 is 1.85 bits per heavy atom. The summed E-state index contributed by atoms with van der Waals surface area (Å²) in [6.45, 7) is 2.34. The van der Waals surface area contributed by atoms with Gasteiger partial charge in [-0.05, 0) is 36.8 Å². The average molecular weight is 359 g/mol. The second kappa shape index (κ2) is 7.25. The summed E-state index contributed by atoms with van der Waals surface area (Å²) in [4.78, 5) is 16.7. The van der Waals surface area contributed by atoms with Gasteiger partial charge in [-0.2, -0.15) is 10.1 Å². The molecular formula is C20H17N5O2. The predicted molar refractivity (Wildman–Crippen MR) is 100 cm³/mol. The molecule has 0 unspecified atom stereocenters. The smallest absolute Gasteiger partial charge is 0.257 e. The molecule has 27 heavy (non-hydrogen) atoms. The fraction of sp³-hybridized carbons (Fsp3) is 0.100. The van der Waals surface area contributed by atoms with Gasteiger partial charge in [0.05, 0.1) is 12.7 Å². The number of hydrogen-bond acceptors (Lipinski definition) is 5. The molecule has 2 heterocycles. The third kappa shape index (κ3) is 3.77. The van der Waals surface area contributed by atoms with Crippen molar-refractivity contribution in [1.29, 1.82) is 0 Å². The van der Waals surface area contributed by atoms with Crippen molar-refractivity contribution >= 4 is 11.7 Å². The predicted octanol–water partition coefficient (Wildman–Crippen LogP) is 3.54. The van der Waals surface area contributed by atoms with E-state index in [-0.39, 0.29) is 5.91 Å². The molecule has 7 heteroatoms. The highest BCUT2D eigenvalue weighted by Crippen LogP contribution is 2.18. The van der Waals surface area contributed by atoms with E-state index in [0.29, 0.717) is 29.6 Å². The standard InChI is InChI=1S/C20H17N5O2/c1-14-22-20(27-24-14)17-9-7-16(8-10-17)19(26)23-18-11-12-21-25(18)13-15-5-3-2-4-6-15/h2-12H,13H2,1H3,(H,23,26). The molecule has 0 aliphatic heterocycles. The molecule has 0 saturated heterocycles. The third-order valence-corrected chi connectivity index (χ3v) is 4.05. The number of benzene rings is 2. The lowest BCUT2D eigenvalue weighted by Gasteiger charge is -2.09. The molecule has 134 valence electrons. The van der Waals surface area contributed by atoms with Crippen molar-refractivity contribution in [2.24, 2.45) is 0 Å². The Hall–Kier alpha value is -3.74. The number of amides is 1. The number of hydrogen-bond donors (Lipinski definition) is 1. The van der Waals surface area contributed by atoms with Gasteiger partial charge in [0, 0.05) is 17.2 Å². The van der Waals surface area contributed by atoms with Crippen molar-refractivity contribution in [3.05, 3.63) is 83.8 Å². The van der Waals surface area contributed by atoms with Gasteiger partial charge >= 0.3 is 0 Å². The van der Waals surface area contributed by atoms with Gasteiger partial charge in [-0.1, -0.05) is 35.5 Å². The lowest BCUT2D eigenvalue weighted by Crippen LogP contribution is -2.16. The van der Waals surface area contributed by atoms with E-state index in [1.54, 1.807) is 48.1 Å². The molecule has 0 aliphatic carbocycles. The Bertz CT molecular complexity index is 1050. The Labute approximate surface area is 155 Å². The van der Waals surface area contributed by atoms with Crippen LogP contribution < -0.4 is 5.32 Å². The van der Waals surface area contributed by atoms with Crippen molar-refractivity contribution in [2.75, 3.05) is 5.32 Å². The minimum Gasteiger partial charge on any atom is -0.334 e. The van der Waals surface area contributed by atoms with E-state index in [1.807, 2.05) is 30.3 Å². The van der Waals surface area contributed by atoms with E-state index in [0.717, 1.165) is 11.1 Å². The maximum absolute atomic E-state index is 12.6. The number of carbonyl (C=O) groups excluding carboxylic acids is 1. The van der Waals surface area contributed by atoms with Crippen LogP contribution in [0.2, 0.25) is 0 Å². The molecule has 7 nitrogen and oxygen atoms in total. The number of anilines is 1. The fourth-order valence-electron chi connectivity index (χ4n) is 2.69. The Morgan fingerprint density at radius 1 is 1.07 bits per heavy atom. The number of nitrogens with one attached hydrogen (secondary N) is 1. The van der Waals surface area contributed by atoms with Gasteiger partial charge in [-0.15, -0.1) is 0 Å². The first-order valence-electron chi connectivity index (χ1n) is 8.47. The van der Waals surface area contributed by atoms with E-state index in [1.165, 1.54) is 0 Å². The van der Waals surface area contributed by atoms with Crippen LogP contribution in [-0.2, 0) is 6.54 Å². The zero-order valence-corrected chi connectivity index (χ0v) is 14.7. The first-order valence-corrected chi connectivity index (χ1v) is 8.47. The van der Waals surface area contributed by atoms with Crippen molar-refractivity contribution < 1.29 is 9.32 Å². The van der Waals surface area contributed by atoms with Crippen LogP contribution in [-0.4, -0.2) is 25.8 Å². The van der Waals surface area contributed by atoms with E-state index >= 15 is 0 Å². The SMILES string of the molecule is Cc1noc(-c2ccc(C(=O)Nc3ccnn3Cc3ccccc3)cc2)n1. The van der Waals surface area contributed by atoms with Crippen LogP contribution in [0.15, 0.2) is 71.4 Å². The molecule has 0 saturated carbocycles. The number of nitrogens with zero attached hydrogens (tertiary/aromatic N) is 4. The molecule has 4 aromatic rings. The summed E-state index contributed by atoms with van der Waals surface area (Å²) in [6, 6.07) is 18.7. The first kappa shape index (κ1) is 16.7. The van der Waals surface area contributed by atoms with Gasteiger partial charge in [0.15, 0.2) is 5.82 Å². The highest BCUT2D eigenvalue weighted by molar-refractivity contribution is 6.04. The van der Waals surface area contributed by atoms with Crippen molar-refractivity contribution in [3.63, 3.8) is 0 Å². The number of aryl methyl sites for hydroxylation is 1. The van der Waals surface area contributed by atoms with Crippen LogP contribution in [0.5, 0.6) is 0 Å². The molecule has 4 rings (SSSR count). The van der Waals surface area contributed by atoms with Gasteiger partial charge in [0.25, 0.3) is 11.8 Å². The quantitative estimate of drug-likeness (QED) is 0.589. The molecule has 0 fully saturated rings. The maximum Gasteiger partial charge on any atom is 0.257 e. The second-order valence-electron chi connectivity index (χ2n) is 6.04. The lowest BCUT2D eigenvalue weighted by molar-refractivity contribution is 0.102. The van der Waals surface area contributed by atoms with Crippen LogP contribution in [0.4, 0.5) is 5.82 Å². The summed E-state index contributed by atoms with van der Waals surface area (Å²) < 4.78 is 6.89. The van der Waals surface area contributed by atoms with Gasteiger partial charge < -0.3 is 9.84 Å². The van der Waals surface area contributed by atoms with Gasteiger partial charge in [0.1, 0.15) is 5.82 Å². The van der Waals surface area contributed by atoms with Crippen molar-refractivity contribution in [2.45, 2.75) is 13.5 Å². The van der Waals surface area contributed by atoms with Crippen LogP contribution in [0.25, 0.3) is 11.5 Å². The topological polar surface area (TPSA) is 85.8 Å². The maximum atomic E-state index is 12.6. The van der Waals surface area contributed by atoms with Crippen LogP contribution in [0, 0.1) is 6.92 Å². The van der Waals surface area contributed by atoms with E-state index in [9.17, 15) is 4.79 Å². The highest BCUT2D eigenvalue weighted by atomic mass is 16.5. The van der Waals surface area contributed by atoms with Crippen LogP contribution in [0.1, 0.15) is 21.7 Å². The van der Waals surface area contributed by atoms with Gasteiger partial charge in [-0.3, -0.25) is 4.79 Å². The van der Waals surface area contributed by atoms with E-state index in [4.69, 9.17) is 4.52 Å². The number of aromatic nitrogens is 4. The molecule has 2 aromatic carbocycles. The summed E-state index contributed by atoms with van der Waals surface area (Å²) in [5, 5.41) is 11.0. The Morgan fingerprint density at radius 3 is 2.56 bits per heavy atom. The summed E-state index contributed by atoms with van der Waals surface area (Å²) in [5.41, 5.74) is 2.40. The summed E-state index contributed by atoms with van der Waals surface area (Å²) in [6.07, 6.45) is 1.67. The lowest BCUT2D eigenvalue weighted by atomic mass is 10.1. The average Bonchev–Trinajstić information content (AvgIpc) is 3.32. The summed E-state index contributed by atoms with van der Waals surface area (Å²) >= 11 is 0. The van der Waals surface area contributed by atoms with E-state index in [2.05, 4.69) is 20.6 Å². The molecule has 1 amide bonds. The summed E-state index contributed by atoms with van der Waals surface area (Å²) in [5.74, 6) is 1.43. The largest absolute Gasteiger partial charge is 0.334 e. The molecule has 0 radical (unpaired) electrons. The van der Waals surface area contributed by atoms with E-state index < -0.39 is 0 Å². The summed E-state index contributed by atoms with van der Waals surface area (Å²) in [7, 11) is 0. The van der Waals surface area contributed by atoms with Crippen molar-refractivity contribution in [3.8, 4) is 11.5 Å². The molecular weight excluding hydrogens is 342 g/mol. The first-order chi connectivity index (χ1) is 13.2. The van der Waals surface area contributed by atoms with Crippen LogP contribution in [0.3, 0.4) is 0 Å². The normalized spacial score (nSPS) is 10.7. The highest BCUT2D eigenvalue weighted by Gasteiger charge is 2.12. The molecule has 0 bridgehead atoms. The molecule has 0 aliphatic rings. The molecule has 0 spiro atoms. The zero-order chi connectivity index (χ0) is 18.6. The minimum absolute atomic E-state index is 0.210. The zero-order valence-electron chi connectivity index (χ0n) is 14.7.